The smallest absolute Gasteiger partial charge is 0.257 e. The van der Waals surface area contributed by atoms with Crippen LogP contribution >= 0.6 is 0 Å². The lowest BCUT2D eigenvalue weighted by atomic mass is 10.2. The van der Waals surface area contributed by atoms with Crippen molar-refractivity contribution in [3.05, 3.63) is 17.8 Å². The van der Waals surface area contributed by atoms with Gasteiger partial charge in [0, 0.05) is 11.8 Å². The zero-order valence-electron chi connectivity index (χ0n) is 6.80. The van der Waals surface area contributed by atoms with Gasteiger partial charge in [0.1, 0.15) is 13.2 Å². The Morgan fingerprint density at radius 2 is 2.31 bits per heavy atom. The van der Waals surface area contributed by atoms with Crippen LogP contribution in [0.2, 0.25) is 0 Å². The average molecular weight is 180 g/mol. The van der Waals surface area contributed by atoms with Crippen LogP contribution in [-0.2, 0) is 0 Å². The number of pyridine rings is 1. The fourth-order valence-corrected chi connectivity index (χ4v) is 1.14. The van der Waals surface area contributed by atoms with Crippen LogP contribution in [0.1, 0.15) is 5.56 Å². The molecule has 1 aromatic heterocycles. The molecule has 0 fully saturated rings. The number of fused-ring (bicyclic) bond motifs is 1. The molecule has 0 unspecified atom stereocenters. The van der Waals surface area contributed by atoms with Crippen LogP contribution in [0.25, 0.3) is 0 Å². The summed E-state index contributed by atoms with van der Waals surface area (Å²) in [5, 5.41) is 11.3. The SMILES string of the molecule is O/N=C\c1ccnc2c1OCCO2. The molecule has 5 heteroatoms. The molecule has 0 saturated carbocycles. The zero-order valence-corrected chi connectivity index (χ0v) is 6.80. The second kappa shape index (κ2) is 3.30. The lowest BCUT2D eigenvalue weighted by molar-refractivity contribution is 0.164. The maximum Gasteiger partial charge on any atom is 0.257 e. The molecule has 0 aliphatic carbocycles. The van der Waals surface area contributed by atoms with Crippen molar-refractivity contribution in [2.24, 2.45) is 5.16 Å². The number of aromatic nitrogens is 1. The Bertz CT molecular complexity index is 338. The minimum atomic E-state index is 0.448. The van der Waals surface area contributed by atoms with Gasteiger partial charge in [-0.2, -0.15) is 0 Å². The van der Waals surface area contributed by atoms with Crippen molar-refractivity contribution < 1.29 is 14.7 Å². The first kappa shape index (κ1) is 7.85. The first-order valence-corrected chi connectivity index (χ1v) is 3.84. The van der Waals surface area contributed by atoms with E-state index in [1.54, 1.807) is 12.3 Å². The highest BCUT2D eigenvalue weighted by atomic mass is 16.6. The van der Waals surface area contributed by atoms with Crippen LogP contribution < -0.4 is 9.47 Å². The molecule has 2 heterocycles. The molecule has 0 radical (unpaired) electrons. The van der Waals surface area contributed by atoms with Gasteiger partial charge in [0.2, 0.25) is 0 Å². The van der Waals surface area contributed by atoms with Gasteiger partial charge in [0.25, 0.3) is 5.88 Å². The van der Waals surface area contributed by atoms with Crippen LogP contribution in [-0.4, -0.2) is 29.6 Å². The molecular formula is C8H8N2O3. The lowest BCUT2D eigenvalue weighted by Crippen LogP contribution is -2.17. The summed E-state index contributed by atoms with van der Waals surface area (Å²) in [5.41, 5.74) is 0.659. The Labute approximate surface area is 74.6 Å². The van der Waals surface area contributed by atoms with Gasteiger partial charge in [-0.15, -0.1) is 0 Å². The summed E-state index contributed by atoms with van der Waals surface area (Å²) in [4.78, 5) is 3.97. The summed E-state index contributed by atoms with van der Waals surface area (Å²) in [5.74, 6) is 0.982. The minimum Gasteiger partial charge on any atom is -0.484 e. The summed E-state index contributed by atoms with van der Waals surface area (Å²) in [6.07, 6.45) is 2.86. The van der Waals surface area contributed by atoms with E-state index < -0.39 is 0 Å². The van der Waals surface area contributed by atoms with E-state index in [0.717, 1.165) is 0 Å². The largest absolute Gasteiger partial charge is 0.484 e. The van der Waals surface area contributed by atoms with Gasteiger partial charge < -0.3 is 14.7 Å². The van der Waals surface area contributed by atoms with E-state index in [2.05, 4.69) is 10.1 Å². The Balaban J connectivity index is 2.45. The molecule has 0 atom stereocenters. The zero-order chi connectivity index (χ0) is 9.10. The summed E-state index contributed by atoms with van der Waals surface area (Å²) in [6, 6.07) is 1.69. The van der Waals surface area contributed by atoms with Gasteiger partial charge in [-0.1, -0.05) is 5.16 Å². The molecule has 1 aliphatic heterocycles. The maximum absolute atomic E-state index is 8.37. The Morgan fingerprint density at radius 3 is 3.15 bits per heavy atom. The standard InChI is InChI=1S/C8H8N2O3/c11-10-5-6-1-2-9-8-7(6)12-3-4-13-8/h1-2,5,11H,3-4H2/b10-5-. The third-order valence-corrected chi connectivity index (χ3v) is 1.67. The number of rotatable bonds is 1. The first-order chi connectivity index (χ1) is 6.42. The van der Waals surface area contributed by atoms with Gasteiger partial charge in [0.15, 0.2) is 5.75 Å². The molecule has 0 aromatic carbocycles. The van der Waals surface area contributed by atoms with E-state index in [-0.39, 0.29) is 0 Å². The predicted molar refractivity (Wildman–Crippen MR) is 44.6 cm³/mol. The minimum absolute atomic E-state index is 0.448. The van der Waals surface area contributed by atoms with E-state index in [4.69, 9.17) is 14.7 Å². The molecule has 13 heavy (non-hydrogen) atoms. The monoisotopic (exact) mass is 180 g/mol. The summed E-state index contributed by atoms with van der Waals surface area (Å²) in [7, 11) is 0. The molecule has 0 saturated heterocycles. The maximum atomic E-state index is 8.37. The normalized spacial score (nSPS) is 14.8. The molecule has 5 nitrogen and oxygen atoms in total. The highest BCUT2D eigenvalue weighted by Crippen LogP contribution is 2.29. The Kier molecular flexibility index (Phi) is 1.99. The first-order valence-electron chi connectivity index (χ1n) is 3.84. The number of hydrogen-bond donors (Lipinski definition) is 1. The van der Waals surface area contributed by atoms with E-state index in [9.17, 15) is 0 Å². The van der Waals surface area contributed by atoms with Crippen LogP contribution in [0.15, 0.2) is 17.4 Å². The highest BCUT2D eigenvalue weighted by Gasteiger charge is 2.15. The molecule has 2 rings (SSSR count). The lowest BCUT2D eigenvalue weighted by Gasteiger charge is -2.17. The van der Waals surface area contributed by atoms with E-state index >= 15 is 0 Å². The van der Waals surface area contributed by atoms with Gasteiger partial charge in [0.05, 0.1) is 6.21 Å². The molecule has 0 spiro atoms. The fourth-order valence-electron chi connectivity index (χ4n) is 1.14. The molecule has 68 valence electrons. The van der Waals surface area contributed by atoms with Crippen LogP contribution in [0, 0.1) is 0 Å². The van der Waals surface area contributed by atoms with Gasteiger partial charge in [-0.3, -0.25) is 0 Å². The molecule has 1 aliphatic rings. The van der Waals surface area contributed by atoms with E-state index in [1.165, 1.54) is 6.21 Å². The van der Waals surface area contributed by atoms with Crippen molar-refractivity contribution in [3.8, 4) is 11.6 Å². The number of ether oxygens (including phenoxy) is 2. The van der Waals surface area contributed by atoms with Crippen LogP contribution in [0.3, 0.4) is 0 Å². The Hall–Kier alpha value is -1.78. The topological polar surface area (TPSA) is 63.9 Å². The number of hydrogen-bond acceptors (Lipinski definition) is 5. The third kappa shape index (κ3) is 1.40. The predicted octanol–water partition coefficient (Wildman–Crippen LogP) is 0.661. The summed E-state index contributed by atoms with van der Waals surface area (Å²) >= 11 is 0. The quantitative estimate of drug-likeness (QED) is 0.391. The molecular weight excluding hydrogens is 172 g/mol. The number of nitrogens with zero attached hydrogens (tertiary/aromatic N) is 2. The van der Waals surface area contributed by atoms with E-state index in [1.807, 2.05) is 0 Å². The van der Waals surface area contributed by atoms with Crippen molar-refractivity contribution in [1.82, 2.24) is 4.98 Å². The third-order valence-electron chi connectivity index (χ3n) is 1.67. The second-order valence-corrected chi connectivity index (χ2v) is 2.48. The van der Waals surface area contributed by atoms with Crippen LogP contribution in [0.5, 0.6) is 11.6 Å². The molecule has 0 bridgehead atoms. The van der Waals surface area contributed by atoms with Crippen molar-refractivity contribution in [2.75, 3.05) is 13.2 Å². The van der Waals surface area contributed by atoms with Gasteiger partial charge in [-0.25, -0.2) is 4.98 Å². The molecule has 1 aromatic rings. The molecule has 1 N–H and O–H groups in total. The van der Waals surface area contributed by atoms with Gasteiger partial charge >= 0.3 is 0 Å². The highest BCUT2D eigenvalue weighted by molar-refractivity contribution is 5.84. The average Bonchev–Trinajstić information content (AvgIpc) is 2.19. The van der Waals surface area contributed by atoms with Gasteiger partial charge in [-0.05, 0) is 6.07 Å². The van der Waals surface area contributed by atoms with Crippen LogP contribution in [0.4, 0.5) is 0 Å². The van der Waals surface area contributed by atoms with E-state index in [0.29, 0.717) is 30.4 Å². The summed E-state index contributed by atoms with van der Waals surface area (Å²) in [6.45, 7) is 0.991. The van der Waals surface area contributed by atoms with Crippen molar-refractivity contribution in [2.45, 2.75) is 0 Å². The van der Waals surface area contributed by atoms with Crippen molar-refractivity contribution in [3.63, 3.8) is 0 Å². The van der Waals surface area contributed by atoms with Crippen molar-refractivity contribution >= 4 is 6.21 Å². The Morgan fingerprint density at radius 1 is 1.46 bits per heavy atom. The van der Waals surface area contributed by atoms with Crippen molar-refractivity contribution in [1.29, 1.82) is 0 Å². The second-order valence-electron chi connectivity index (χ2n) is 2.48. The fraction of sp³-hybridized carbons (Fsp3) is 0.250. The number of oxime groups is 1. The molecule has 0 amide bonds. The summed E-state index contributed by atoms with van der Waals surface area (Å²) < 4.78 is 10.5.